The van der Waals surface area contributed by atoms with Crippen molar-refractivity contribution in [2.45, 2.75) is 38.6 Å². The molecule has 134 valence electrons. The van der Waals surface area contributed by atoms with E-state index in [1.807, 2.05) is 0 Å². The maximum Gasteiger partial charge on any atom is 0.338 e. The number of aliphatic hydroxyl groups excluding tert-OH is 2. The summed E-state index contributed by atoms with van der Waals surface area (Å²) in [5, 5.41) is 20.0. The van der Waals surface area contributed by atoms with Crippen molar-refractivity contribution in [2.24, 2.45) is 0 Å². The molecule has 0 unspecified atom stereocenters. The summed E-state index contributed by atoms with van der Waals surface area (Å²) in [4.78, 5) is 25.5. The number of aliphatic hydroxyl groups is 2. The first kappa shape index (κ1) is 20.9. The molecule has 0 heterocycles. The van der Waals surface area contributed by atoms with Crippen molar-refractivity contribution in [1.82, 2.24) is 0 Å². The van der Waals surface area contributed by atoms with Gasteiger partial charge in [0.25, 0.3) is 5.91 Å². The lowest BCUT2D eigenvalue weighted by molar-refractivity contribution is -0.173. The Labute approximate surface area is 154 Å². The molecule has 0 aliphatic carbocycles. The van der Waals surface area contributed by atoms with Crippen molar-refractivity contribution in [3.05, 3.63) is 28.7 Å². The van der Waals surface area contributed by atoms with Gasteiger partial charge in [0.2, 0.25) is 0 Å². The lowest BCUT2D eigenvalue weighted by Crippen LogP contribution is -2.49. The SMILES string of the molecule is CC(C)(C)OC(=O)[C@H](O)[C@@H](O)C(=O)N(CCCl)c1ccc(Br)cc1. The molecule has 0 aliphatic rings. The molecule has 0 saturated carbocycles. The first-order chi connectivity index (χ1) is 11.1. The second-order valence-electron chi connectivity index (χ2n) is 6.08. The van der Waals surface area contributed by atoms with Gasteiger partial charge in [-0.1, -0.05) is 15.9 Å². The number of hydrogen-bond donors (Lipinski definition) is 2. The van der Waals surface area contributed by atoms with E-state index in [0.717, 1.165) is 4.47 Å². The molecule has 6 nitrogen and oxygen atoms in total. The number of alkyl halides is 1. The van der Waals surface area contributed by atoms with Crippen LogP contribution in [0.5, 0.6) is 0 Å². The first-order valence-corrected chi connectivity index (χ1v) is 8.61. The van der Waals surface area contributed by atoms with Crippen LogP contribution in [0.1, 0.15) is 20.8 Å². The first-order valence-electron chi connectivity index (χ1n) is 7.28. The Morgan fingerprint density at radius 3 is 2.21 bits per heavy atom. The highest BCUT2D eigenvalue weighted by Crippen LogP contribution is 2.20. The zero-order chi connectivity index (χ0) is 18.5. The van der Waals surface area contributed by atoms with Crippen molar-refractivity contribution >= 4 is 45.1 Å². The van der Waals surface area contributed by atoms with Crippen LogP contribution in [0, 0.1) is 0 Å². The van der Waals surface area contributed by atoms with Gasteiger partial charge in [-0.05, 0) is 45.0 Å². The average molecular weight is 423 g/mol. The van der Waals surface area contributed by atoms with Gasteiger partial charge in [0.1, 0.15) is 5.60 Å². The van der Waals surface area contributed by atoms with Crippen molar-refractivity contribution in [3.63, 3.8) is 0 Å². The molecule has 2 N–H and O–H groups in total. The van der Waals surface area contributed by atoms with E-state index in [1.54, 1.807) is 45.0 Å². The third-order valence-electron chi connectivity index (χ3n) is 2.91. The molecule has 1 rings (SSSR count). The summed E-state index contributed by atoms with van der Waals surface area (Å²) in [6, 6.07) is 6.75. The highest BCUT2D eigenvalue weighted by atomic mass is 79.9. The molecule has 0 radical (unpaired) electrons. The highest BCUT2D eigenvalue weighted by molar-refractivity contribution is 9.10. The van der Waals surface area contributed by atoms with E-state index in [-0.39, 0.29) is 12.4 Å². The smallest absolute Gasteiger partial charge is 0.338 e. The predicted octanol–water partition coefficient (Wildman–Crippen LogP) is 2.08. The number of halogens is 2. The molecule has 0 fully saturated rings. The molecular weight excluding hydrogens is 402 g/mol. The summed E-state index contributed by atoms with van der Waals surface area (Å²) in [6.07, 6.45) is -3.93. The quantitative estimate of drug-likeness (QED) is 0.541. The standard InChI is InChI=1S/C16H21BrClNO5/c1-16(2,3)24-15(23)13(21)12(20)14(22)19(9-8-18)11-6-4-10(17)5-7-11/h4-7,12-13,20-21H,8-9H2,1-3H3/t12-,13-/m1/s1. The molecule has 1 aromatic carbocycles. The van der Waals surface area contributed by atoms with E-state index in [2.05, 4.69) is 15.9 Å². The fraction of sp³-hybridized carbons (Fsp3) is 0.500. The second-order valence-corrected chi connectivity index (χ2v) is 7.37. The highest BCUT2D eigenvalue weighted by Gasteiger charge is 2.36. The molecule has 8 heteroatoms. The Bertz CT molecular complexity index is 573. The van der Waals surface area contributed by atoms with Gasteiger partial charge in [-0.15, -0.1) is 11.6 Å². The van der Waals surface area contributed by atoms with Gasteiger partial charge in [0.15, 0.2) is 12.2 Å². The van der Waals surface area contributed by atoms with Crippen molar-refractivity contribution in [3.8, 4) is 0 Å². The van der Waals surface area contributed by atoms with Crippen LogP contribution in [0.25, 0.3) is 0 Å². The van der Waals surface area contributed by atoms with Crippen molar-refractivity contribution in [2.75, 3.05) is 17.3 Å². The number of carbonyl (C=O) groups is 2. The van der Waals surface area contributed by atoms with E-state index >= 15 is 0 Å². The summed E-state index contributed by atoms with van der Waals surface area (Å²) in [5.41, 5.74) is -0.359. The Balaban J connectivity index is 2.93. The largest absolute Gasteiger partial charge is 0.458 e. The Kier molecular flexibility index (Phi) is 7.66. The van der Waals surface area contributed by atoms with Crippen LogP contribution in [0.15, 0.2) is 28.7 Å². The molecule has 1 amide bonds. The predicted molar refractivity (Wildman–Crippen MR) is 95.1 cm³/mol. The summed E-state index contributed by atoms with van der Waals surface area (Å²) in [6.45, 7) is 4.97. The zero-order valence-corrected chi connectivity index (χ0v) is 16.0. The van der Waals surface area contributed by atoms with E-state index in [1.165, 1.54) is 4.90 Å². The Hall–Kier alpha value is -1.15. The van der Waals surface area contributed by atoms with E-state index in [9.17, 15) is 19.8 Å². The number of anilines is 1. The third-order valence-corrected chi connectivity index (χ3v) is 3.61. The number of esters is 1. The number of benzene rings is 1. The Morgan fingerprint density at radius 2 is 1.75 bits per heavy atom. The third kappa shape index (κ3) is 6.05. The van der Waals surface area contributed by atoms with E-state index in [0.29, 0.717) is 5.69 Å². The molecule has 1 aromatic rings. The van der Waals surface area contributed by atoms with Crippen molar-refractivity contribution < 1.29 is 24.5 Å². The topological polar surface area (TPSA) is 87.1 Å². The van der Waals surface area contributed by atoms with Gasteiger partial charge in [-0.3, -0.25) is 4.79 Å². The van der Waals surface area contributed by atoms with E-state index in [4.69, 9.17) is 16.3 Å². The fourth-order valence-electron chi connectivity index (χ4n) is 1.86. The van der Waals surface area contributed by atoms with Gasteiger partial charge >= 0.3 is 5.97 Å². The van der Waals surface area contributed by atoms with Crippen molar-refractivity contribution in [1.29, 1.82) is 0 Å². The number of ether oxygens (including phenoxy) is 1. The fourth-order valence-corrected chi connectivity index (χ4v) is 2.29. The van der Waals surface area contributed by atoms with Gasteiger partial charge < -0.3 is 19.8 Å². The van der Waals surface area contributed by atoms with Crippen LogP contribution in [0.4, 0.5) is 5.69 Å². The molecule has 24 heavy (non-hydrogen) atoms. The van der Waals surface area contributed by atoms with Crippen LogP contribution in [0.3, 0.4) is 0 Å². The molecule has 0 aromatic heterocycles. The van der Waals surface area contributed by atoms with E-state index < -0.39 is 29.7 Å². The van der Waals surface area contributed by atoms with Crippen LogP contribution in [-0.2, 0) is 14.3 Å². The molecule has 0 aliphatic heterocycles. The second kappa shape index (κ2) is 8.80. The number of rotatable bonds is 6. The normalized spacial score (nSPS) is 14.0. The molecule has 0 spiro atoms. The van der Waals surface area contributed by atoms with Crippen LogP contribution >= 0.6 is 27.5 Å². The lowest BCUT2D eigenvalue weighted by atomic mass is 10.1. The Morgan fingerprint density at radius 1 is 1.21 bits per heavy atom. The minimum atomic E-state index is -1.98. The average Bonchev–Trinajstić information content (AvgIpc) is 2.50. The minimum absolute atomic E-state index is 0.111. The summed E-state index contributed by atoms with van der Waals surface area (Å²) in [5.74, 6) is -1.78. The van der Waals surface area contributed by atoms with Gasteiger partial charge in [-0.2, -0.15) is 0 Å². The van der Waals surface area contributed by atoms with Gasteiger partial charge in [0.05, 0.1) is 0 Å². The molecule has 0 saturated heterocycles. The zero-order valence-electron chi connectivity index (χ0n) is 13.7. The van der Waals surface area contributed by atoms with Crippen LogP contribution < -0.4 is 4.90 Å². The number of carbonyl (C=O) groups excluding carboxylic acids is 2. The van der Waals surface area contributed by atoms with Crippen LogP contribution in [-0.4, -0.2) is 52.3 Å². The summed E-state index contributed by atoms with van der Waals surface area (Å²) >= 11 is 9.01. The van der Waals surface area contributed by atoms with Crippen LogP contribution in [0.2, 0.25) is 0 Å². The number of nitrogens with zero attached hydrogens (tertiary/aromatic N) is 1. The number of amides is 1. The number of hydrogen-bond acceptors (Lipinski definition) is 5. The molecular formula is C16H21BrClNO5. The minimum Gasteiger partial charge on any atom is -0.458 e. The maximum absolute atomic E-state index is 12.5. The lowest BCUT2D eigenvalue weighted by Gasteiger charge is -2.27. The monoisotopic (exact) mass is 421 g/mol. The summed E-state index contributed by atoms with van der Waals surface area (Å²) in [7, 11) is 0. The van der Waals surface area contributed by atoms with Gasteiger partial charge in [-0.25, -0.2) is 4.79 Å². The van der Waals surface area contributed by atoms with Gasteiger partial charge in [0, 0.05) is 22.6 Å². The molecule has 0 bridgehead atoms. The summed E-state index contributed by atoms with van der Waals surface area (Å²) < 4.78 is 5.80. The maximum atomic E-state index is 12.5. The molecule has 2 atom stereocenters.